The molecule has 0 aromatic rings. The Hall–Kier alpha value is -0.585. The first-order valence-corrected chi connectivity index (χ1v) is 3.25. The molecule has 11 heavy (non-hydrogen) atoms. The number of nitrogens with zero attached hydrogens (tertiary/aromatic N) is 2. The summed E-state index contributed by atoms with van der Waals surface area (Å²) in [7, 11) is 8.33. The number of amides is 1. The molecule has 0 saturated carbocycles. The molecule has 1 amide bonds. The molecule has 0 aliphatic carbocycles. The fourth-order valence-corrected chi connectivity index (χ4v) is 0.552. The first kappa shape index (κ1) is 10.4. The third kappa shape index (κ3) is 7.31. The van der Waals surface area contributed by atoms with Gasteiger partial charge in [0, 0.05) is 27.2 Å². The van der Waals surface area contributed by atoms with Crippen LogP contribution in [0.4, 0.5) is 4.79 Å². The first-order valence-electron chi connectivity index (χ1n) is 3.25. The van der Waals surface area contributed by atoms with Crippen LogP contribution < -0.4 is 11.3 Å². The van der Waals surface area contributed by atoms with E-state index in [-0.39, 0.29) is 0 Å². The summed E-state index contributed by atoms with van der Waals surface area (Å²) < 4.78 is 0. The number of carbonyl (C=O) groups is 1. The monoisotopic (exact) mass is 156 g/mol. The average Bonchev–Trinajstić information content (AvgIpc) is 1.82. The first-order chi connectivity index (χ1) is 5.02. The molecule has 0 fully saturated rings. The van der Waals surface area contributed by atoms with E-state index in [1.807, 2.05) is 0 Å². The van der Waals surface area contributed by atoms with Crippen LogP contribution in [-0.4, -0.2) is 50.9 Å². The van der Waals surface area contributed by atoms with E-state index in [1.165, 1.54) is 5.01 Å². The van der Waals surface area contributed by atoms with Gasteiger partial charge in [-0.3, -0.25) is 16.1 Å². The van der Waals surface area contributed by atoms with Gasteiger partial charge in [-0.05, 0) is 0 Å². The highest BCUT2D eigenvalue weighted by molar-refractivity contribution is 6.56. The molecule has 0 unspecified atom stereocenters. The Labute approximate surface area is 67.9 Å². The molecule has 3 N–H and O–H groups in total. The standard InChI is InChI=1S/C5H13BN4O/c1-9(7)3-4-10(2)8-5(6)11/h3-4,7H2,1-2H3,(H,8,11). The minimum Gasteiger partial charge on any atom is -0.299 e. The summed E-state index contributed by atoms with van der Waals surface area (Å²) in [6, 6.07) is 0. The van der Waals surface area contributed by atoms with E-state index in [2.05, 4.69) is 5.43 Å². The molecule has 0 heterocycles. The van der Waals surface area contributed by atoms with Crippen LogP contribution in [0.25, 0.3) is 0 Å². The fraction of sp³-hybridized carbons (Fsp3) is 0.800. The number of carbonyl (C=O) groups excluding carboxylic acids is 1. The minimum atomic E-state index is -0.563. The van der Waals surface area contributed by atoms with Crippen molar-refractivity contribution in [3.63, 3.8) is 0 Å². The summed E-state index contributed by atoms with van der Waals surface area (Å²) in [6.45, 7) is 1.30. The van der Waals surface area contributed by atoms with Gasteiger partial charge in [0.25, 0.3) is 0 Å². The second-order valence-electron chi connectivity index (χ2n) is 2.38. The lowest BCUT2D eigenvalue weighted by Crippen LogP contribution is -2.43. The van der Waals surface area contributed by atoms with Gasteiger partial charge in [0.2, 0.25) is 7.85 Å². The van der Waals surface area contributed by atoms with E-state index in [4.69, 9.17) is 13.7 Å². The number of hydrogen-bond acceptors (Lipinski definition) is 4. The molecular formula is C5H13BN4O. The van der Waals surface area contributed by atoms with Crippen LogP contribution in [0.3, 0.4) is 0 Å². The van der Waals surface area contributed by atoms with Gasteiger partial charge >= 0.3 is 0 Å². The second-order valence-corrected chi connectivity index (χ2v) is 2.38. The van der Waals surface area contributed by atoms with Crippen molar-refractivity contribution in [2.45, 2.75) is 0 Å². The lowest BCUT2D eigenvalue weighted by Gasteiger charge is -2.19. The lowest BCUT2D eigenvalue weighted by molar-refractivity contribution is 0.199. The zero-order chi connectivity index (χ0) is 8.85. The normalized spacial score (nSPS) is 10.6. The van der Waals surface area contributed by atoms with Crippen molar-refractivity contribution in [2.24, 2.45) is 5.84 Å². The van der Waals surface area contributed by atoms with Gasteiger partial charge in [0.15, 0.2) is 5.81 Å². The highest BCUT2D eigenvalue weighted by Gasteiger charge is 1.98. The van der Waals surface area contributed by atoms with E-state index in [0.717, 1.165) is 0 Å². The molecule has 0 aliphatic heterocycles. The Morgan fingerprint density at radius 3 is 2.45 bits per heavy atom. The molecule has 0 aromatic carbocycles. The van der Waals surface area contributed by atoms with Gasteiger partial charge in [-0.1, -0.05) is 0 Å². The highest BCUT2D eigenvalue weighted by Crippen LogP contribution is 1.76. The van der Waals surface area contributed by atoms with Crippen molar-refractivity contribution in [1.29, 1.82) is 0 Å². The van der Waals surface area contributed by atoms with Crippen LogP contribution in [0, 0.1) is 0 Å². The largest absolute Gasteiger partial charge is 0.299 e. The molecule has 0 aliphatic rings. The van der Waals surface area contributed by atoms with Crippen LogP contribution in [0.15, 0.2) is 0 Å². The molecule has 0 bridgehead atoms. The molecule has 0 atom stereocenters. The maximum Gasteiger partial charge on any atom is 0.202 e. The fourth-order valence-electron chi connectivity index (χ4n) is 0.552. The van der Waals surface area contributed by atoms with E-state index in [1.54, 1.807) is 19.1 Å². The zero-order valence-corrected chi connectivity index (χ0v) is 6.87. The molecule has 0 aromatic heterocycles. The van der Waals surface area contributed by atoms with Crippen molar-refractivity contribution < 1.29 is 4.79 Å². The quantitative estimate of drug-likeness (QED) is 0.296. The van der Waals surface area contributed by atoms with Crippen molar-refractivity contribution >= 4 is 13.7 Å². The predicted octanol–water partition coefficient (Wildman–Crippen LogP) is -1.48. The molecule has 6 heteroatoms. The van der Waals surface area contributed by atoms with Crippen molar-refractivity contribution in [3.8, 4) is 0 Å². The summed E-state index contributed by atoms with van der Waals surface area (Å²) in [4.78, 5) is 10.3. The molecule has 5 nitrogen and oxygen atoms in total. The van der Waals surface area contributed by atoms with Gasteiger partial charge < -0.3 is 0 Å². The van der Waals surface area contributed by atoms with Crippen molar-refractivity contribution in [2.75, 3.05) is 27.2 Å². The van der Waals surface area contributed by atoms with Crippen molar-refractivity contribution in [3.05, 3.63) is 0 Å². The number of nitrogens with two attached hydrogens (primary N) is 1. The molecular weight excluding hydrogens is 143 g/mol. The average molecular weight is 156 g/mol. The topological polar surface area (TPSA) is 61.6 Å². The van der Waals surface area contributed by atoms with Crippen LogP contribution in [0.2, 0.25) is 0 Å². The van der Waals surface area contributed by atoms with Crippen LogP contribution in [-0.2, 0) is 0 Å². The second kappa shape index (κ2) is 5.12. The number of likely N-dealkylation sites (N-methyl/N-ethyl adjacent to an activating group) is 2. The van der Waals surface area contributed by atoms with Gasteiger partial charge in [0.05, 0.1) is 0 Å². The third-order valence-electron chi connectivity index (χ3n) is 1.09. The Morgan fingerprint density at radius 2 is 2.09 bits per heavy atom. The van der Waals surface area contributed by atoms with Crippen molar-refractivity contribution in [1.82, 2.24) is 15.4 Å². The van der Waals surface area contributed by atoms with E-state index in [9.17, 15) is 4.79 Å². The Balaban J connectivity index is 3.37. The van der Waals surface area contributed by atoms with Gasteiger partial charge in [-0.25, -0.2) is 10.0 Å². The summed E-state index contributed by atoms with van der Waals surface area (Å²) in [5.41, 5.74) is 2.39. The summed E-state index contributed by atoms with van der Waals surface area (Å²) >= 11 is 0. The maximum atomic E-state index is 10.3. The molecule has 62 valence electrons. The van der Waals surface area contributed by atoms with Gasteiger partial charge in [0.1, 0.15) is 0 Å². The SMILES string of the molecule is [B]C(=O)NN(C)CCN(C)N. The lowest BCUT2D eigenvalue weighted by atomic mass is 10.1. The van der Waals surface area contributed by atoms with E-state index >= 15 is 0 Å². The molecule has 0 saturated heterocycles. The third-order valence-corrected chi connectivity index (χ3v) is 1.09. The van der Waals surface area contributed by atoms with Crippen LogP contribution in [0.1, 0.15) is 0 Å². The van der Waals surface area contributed by atoms with Crippen LogP contribution >= 0.6 is 0 Å². The Bertz CT molecular complexity index is 130. The summed E-state index contributed by atoms with van der Waals surface area (Å²) in [5.74, 6) is 4.77. The molecule has 0 rings (SSSR count). The van der Waals surface area contributed by atoms with E-state index < -0.39 is 5.81 Å². The molecule has 2 radical (unpaired) electrons. The number of nitrogens with one attached hydrogen (secondary N) is 1. The number of rotatable bonds is 4. The summed E-state index contributed by atoms with van der Waals surface area (Å²) in [5, 5.41) is 3.10. The van der Waals surface area contributed by atoms with E-state index in [0.29, 0.717) is 13.1 Å². The minimum absolute atomic E-state index is 0.563. The number of hydrogen-bond donors (Lipinski definition) is 2. The number of hydrazine groups is 2. The van der Waals surface area contributed by atoms with Gasteiger partial charge in [-0.2, -0.15) is 0 Å². The Kier molecular flexibility index (Phi) is 4.84. The Morgan fingerprint density at radius 1 is 1.55 bits per heavy atom. The highest BCUT2D eigenvalue weighted by atomic mass is 16.2. The zero-order valence-electron chi connectivity index (χ0n) is 6.87. The van der Waals surface area contributed by atoms with Gasteiger partial charge in [-0.15, -0.1) is 0 Å². The maximum absolute atomic E-state index is 10.3. The molecule has 0 spiro atoms. The summed E-state index contributed by atoms with van der Waals surface area (Å²) in [6.07, 6.45) is 0. The predicted molar refractivity (Wildman–Crippen MR) is 43.7 cm³/mol. The smallest absolute Gasteiger partial charge is 0.202 e. The van der Waals surface area contributed by atoms with Crippen LogP contribution in [0.5, 0.6) is 0 Å².